The minimum Gasteiger partial charge on any atom is -0.486 e. The Morgan fingerprint density at radius 1 is 1.42 bits per heavy atom. The predicted molar refractivity (Wildman–Crippen MR) is 73.9 cm³/mol. The van der Waals surface area contributed by atoms with Crippen molar-refractivity contribution in [1.82, 2.24) is 4.90 Å². The van der Waals surface area contributed by atoms with Crippen LogP contribution in [0.4, 0.5) is 0 Å². The van der Waals surface area contributed by atoms with E-state index in [1.807, 2.05) is 31.2 Å². The van der Waals surface area contributed by atoms with Gasteiger partial charge in [0.25, 0.3) is 0 Å². The molecule has 0 aliphatic carbocycles. The molecular weight excluding hydrogens is 266 g/mol. The number of ether oxygens (including phenoxy) is 2. The maximum Gasteiger partial charge on any atom is 0.237 e. The first-order chi connectivity index (χ1) is 9.24. The number of nitrogens with zero attached hydrogens (tertiary/aromatic N) is 1. The number of halogens is 1. The van der Waals surface area contributed by atoms with Gasteiger partial charge >= 0.3 is 0 Å². The summed E-state index contributed by atoms with van der Waals surface area (Å²) >= 11 is 5.62. The highest BCUT2D eigenvalue weighted by Crippen LogP contribution is 2.31. The van der Waals surface area contributed by atoms with E-state index in [4.69, 9.17) is 21.1 Å². The average Bonchev–Trinajstić information content (AvgIpc) is 2.46. The molecule has 5 heteroatoms. The monoisotopic (exact) mass is 283 g/mol. The largest absolute Gasteiger partial charge is 0.486 e. The van der Waals surface area contributed by atoms with Gasteiger partial charge < -0.3 is 14.4 Å². The number of carbonyl (C=O) groups is 1. The van der Waals surface area contributed by atoms with Gasteiger partial charge in [-0.25, -0.2) is 0 Å². The van der Waals surface area contributed by atoms with E-state index in [2.05, 4.69) is 0 Å². The quantitative estimate of drug-likeness (QED) is 0.779. The Morgan fingerprint density at radius 3 is 2.84 bits per heavy atom. The zero-order chi connectivity index (χ0) is 13.7. The van der Waals surface area contributed by atoms with Crippen molar-refractivity contribution in [1.29, 1.82) is 0 Å². The first-order valence-electron chi connectivity index (χ1n) is 6.46. The number of alkyl halides is 1. The van der Waals surface area contributed by atoms with Gasteiger partial charge in [-0.15, -0.1) is 11.6 Å². The van der Waals surface area contributed by atoms with Crippen LogP contribution in [0, 0.1) is 0 Å². The molecule has 19 heavy (non-hydrogen) atoms. The van der Waals surface area contributed by atoms with Gasteiger partial charge in [0.2, 0.25) is 5.91 Å². The molecule has 1 heterocycles. The zero-order valence-electron chi connectivity index (χ0n) is 11.0. The van der Waals surface area contributed by atoms with E-state index in [1.165, 1.54) is 0 Å². The van der Waals surface area contributed by atoms with Gasteiger partial charge in [0.05, 0.1) is 6.54 Å². The maximum atomic E-state index is 11.7. The Kier molecular flexibility index (Phi) is 4.91. The summed E-state index contributed by atoms with van der Waals surface area (Å²) in [4.78, 5) is 13.4. The van der Waals surface area contributed by atoms with Gasteiger partial charge in [0.15, 0.2) is 17.6 Å². The van der Waals surface area contributed by atoms with Crippen molar-refractivity contribution in [3.05, 3.63) is 24.3 Å². The molecule has 104 valence electrons. The molecule has 1 aliphatic heterocycles. The molecule has 0 fully saturated rings. The van der Waals surface area contributed by atoms with Crippen LogP contribution in [-0.2, 0) is 4.79 Å². The molecule has 0 aromatic heterocycles. The zero-order valence-corrected chi connectivity index (χ0v) is 11.7. The summed E-state index contributed by atoms with van der Waals surface area (Å²) in [5.41, 5.74) is 0. The van der Waals surface area contributed by atoms with Crippen LogP contribution in [-0.4, -0.2) is 42.5 Å². The standard InChI is InChI=1S/C14H18ClNO3/c1-2-7-16(14(17)8-15)9-11-10-18-12-5-3-4-6-13(12)19-11/h3-6,11H,2,7-10H2,1H3/t11-/m1/s1. The number of fused-ring (bicyclic) bond motifs is 1. The summed E-state index contributed by atoms with van der Waals surface area (Å²) in [5.74, 6) is 1.42. The van der Waals surface area contributed by atoms with Crippen LogP contribution in [0.15, 0.2) is 24.3 Å². The normalized spacial score (nSPS) is 17.1. The molecule has 0 saturated heterocycles. The fourth-order valence-corrected chi connectivity index (χ4v) is 2.24. The number of rotatable bonds is 5. The molecule has 0 spiro atoms. The van der Waals surface area contributed by atoms with Crippen LogP contribution in [0.2, 0.25) is 0 Å². The number of carbonyl (C=O) groups excluding carboxylic acids is 1. The smallest absolute Gasteiger partial charge is 0.237 e. The molecule has 0 radical (unpaired) electrons. The first-order valence-corrected chi connectivity index (χ1v) is 7.00. The summed E-state index contributed by atoms with van der Waals surface area (Å²) in [5, 5.41) is 0. The Hall–Kier alpha value is -1.42. The van der Waals surface area contributed by atoms with Gasteiger partial charge in [0.1, 0.15) is 12.5 Å². The lowest BCUT2D eigenvalue weighted by atomic mass is 10.2. The maximum absolute atomic E-state index is 11.7. The average molecular weight is 284 g/mol. The summed E-state index contributed by atoms with van der Waals surface area (Å²) in [6.07, 6.45) is 0.751. The number of hydrogen-bond donors (Lipinski definition) is 0. The molecule has 1 aromatic carbocycles. The second-order valence-corrected chi connectivity index (χ2v) is 4.74. The molecule has 1 atom stereocenters. The highest BCUT2D eigenvalue weighted by atomic mass is 35.5. The Morgan fingerprint density at radius 2 is 2.16 bits per heavy atom. The SMILES string of the molecule is CCCN(C[C@@H]1COc2ccccc2O1)C(=O)CCl. The van der Waals surface area contributed by atoms with Crippen molar-refractivity contribution >= 4 is 17.5 Å². The highest BCUT2D eigenvalue weighted by molar-refractivity contribution is 6.27. The van der Waals surface area contributed by atoms with Crippen molar-refractivity contribution in [3.8, 4) is 11.5 Å². The van der Waals surface area contributed by atoms with E-state index in [0.29, 0.717) is 19.7 Å². The lowest BCUT2D eigenvalue weighted by Gasteiger charge is -2.31. The number of para-hydroxylation sites is 2. The number of hydrogen-bond acceptors (Lipinski definition) is 3. The highest BCUT2D eigenvalue weighted by Gasteiger charge is 2.24. The van der Waals surface area contributed by atoms with Crippen molar-refractivity contribution in [2.45, 2.75) is 19.4 Å². The minimum absolute atomic E-state index is 0.00413. The van der Waals surface area contributed by atoms with E-state index >= 15 is 0 Å². The van der Waals surface area contributed by atoms with E-state index in [0.717, 1.165) is 17.9 Å². The molecule has 4 nitrogen and oxygen atoms in total. The topological polar surface area (TPSA) is 38.8 Å². The number of amides is 1. The fourth-order valence-electron chi connectivity index (χ4n) is 2.07. The minimum atomic E-state index is -0.145. The van der Waals surface area contributed by atoms with E-state index in [9.17, 15) is 4.79 Å². The summed E-state index contributed by atoms with van der Waals surface area (Å²) in [6, 6.07) is 7.55. The number of benzene rings is 1. The predicted octanol–water partition coefficient (Wildman–Crippen LogP) is 2.30. The van der Waals surface area contributed by atoms with Crippen LogP contribution in [0.1, 0.15) is 13.3 Å². The van der Waals surface area contributed by atoms with Crippen molar-refractivity contribution in [2.75, 3.05) is 25.6 Å². The fraction of sp³-hybridized carbons (Fsp3) is 0.500. The van der Waals surface area contributed by atoms with Crippen LogP contribution >= 0.6 is 11.6 Å². The molecule has 1 aliphatic rings. The summed E-state index contributed by atoms with van der Waals surface area (Å²) < 4.78 is 11.5. The molecule has 0 unspecified atom stereocenters. The summed E-state index contributed by atoms with van der Waals surface area (Å²) in [7, 11) is 0. The van der Waals surface area contributed by atoms with Gasteiger partial charge in [-0.2, -0.15) is 0 Å². The van der Waals surface area contributed by atoms with E-state index in [1.54, 1.807) is 4.90 Å². The molecular formula is C14H18ClNO3. The van der Waals surface area contributed by atoms with Gasteiger partial charge in [-0.3, -0.25) is 4.79 Å². The third-order valence-corrected chi connectivity index (χ3v) is 3.18. The first kappa shape index (κ1) is 14.0. The molecule has 1 amide bonds. The van der Waals surface area contributed by atoms with E-state index in [-0.39, 0.29) is 17.9 Å². The molecule has 1 aromatic rings. The second kappa shape index (κ2) is 6.66. The van der Waals surface area contributed by atoms with Crippen LogP contribution in [0.25, 0.3) is 0 Å². The molecule has 0 N–H and O–H groups in total. The van der Waals surface area contributed by atoms with Crippen LogP contribution < -0.4 is 9.47 Å². The third-order valence-electron chi connectivity index (χ3n) is 2.95. The van der Waals surface area contributed by atoms with Gasteiger partial charge in [-0.05, 0) is 18.6 Å². The van der Waals surface area contributed by atoms with Gasteiger partial charge in [0, 0.05) is 6.54 Å². The lowest BCUT2D eigenvalue weighted by Crippen LogP contribution is -2.44. The Balaban J connectivity index is 1.98. The van der Waals surface area contributed by atoms with Gasteiger partial charge in [-0.1, -0.05) is 19.1 Å². The van der Waals surface area contributed by atoms with Crippen LogP contribution in [0.3, 0.4) is 0 Å². The van der Waals surface area contributed by atoms with Crippen molar-refractivity contribution < 1.29 is 14.3 Å². The van der Waals surface area contributed by atoms with E-state index < -0.39 is 0 Å². The third kappa shape index (κ3) is 3.53. The lowest BCUT2D eigenvalue weighted by molar-refractivity contribution is -0.130. The summed E-state index contributed by atoms with van der Waals surface area (Å²) in [6.45, 7) is 3.68. The van der Waals surface area contributed by atoms with Crippen molar-refractivity contribution in [3.63, 3.8) is 0 Å². The van der Waals surface area contributed by atoms with Crippen LogP contribution in [0.5, 0.6) is 11.5 Å². The Labute approximate surface area is 118 Å². The molecule has 2 rings (SSSR count). The molecule has 0 bridgehead atoms. The molecule has 0 saturated carbocycles. The second-order valence-electron chi connectivity index (χ2n) is 4.47. The van der Waals surface area contributed by atoms with Crippen molar-refractivity contribution in [2.24, 2.45) is 0 Å². The Bertz CT molecular complexity index is 438.